The minimum atomic E-state index is -1.69. The number of H-pyrrole nitrogens is 1. The molecule has 6 N–H and O–H groups in total. The summed E-state index contributed by atoms with van der Waals surface area (Å²) < 4.78 is 6.76. The average Bonchev–Trinajstić information content (AvgIpc) is 2.91. The summed E-state index contributed by atoms with van der Waals surface area (Å²) in [5.41, 5.74) is 3.66. The first-order valence-corrected chi connectivity index (χ1v) is 6.25. The van der Waals surface area contributed by atoms with Crippen LogP contribution in [0.3, 0.4) is 0 Å². The number of aliphatic hydroxyl groups is 3. The van der Waals surface area contributed by atoms with Gasteiger partial charge in [-0.15, -0.1) is 0 Å². The molecule has 114 valence electrons. The lowest BCUT2D eigenvalue weighted by molar-refractivity contribution is -0.0950. The van der Waals surface area contributed by atoms with E-state index in [9.17, 15) is 20.1 Å². The predicted molar refractivity (Wildman–Crippen MR) is 70.2 cm³/mol. The van der Waals surface area contributed by atoms with Gasteiger partial charge < -0.3 is 25.8 Å². The van der Waals surface area contributed by atoms with Crippen molar-refractivity contribution in [3.63, 3.8) is 0 Å². The number of ether oxygens (including phenoxy) is 1. The fourth-order valence-corrected chi connectivity index (χ4v) is 2.52. The molecule has 0 aromatic carbocycles. The van der Waals surface area contributed by atoms with E-state index in [-0.39, 0.29) is 17.0 Å². The number of aromatic nitrogens is 4. The Kier molecular flexibility index (Phi) is 2.99. The first-order valence-electron chi connectivity index (χ1n) is 6.25. The van der Waals surface area contributed by atoms with Gasteiger partial charge in [-0.25, -0.2) is 9.78 Å². The van der Waals surface area contributed by atoms with E-state index >= 15 is 0 Å². The number of nitrogens with zero attached hydrogens (tertiary/aromatic N) is 3. The van der Waals surface area contributed by atoms with E-state index in [0.29, 0.717) is 0 Å². The molecular formula is C11H15N5O5. The lowest BCUT2D eigenvalue weighted by Gasteiger charge is -2.27. The van der Waals surface area contributed by atoms with Crippen molar-refractivity contribution in [1.82, 2.24) is 19.5 Å². The van der Waals surface area contributed by atoms with Crippen LogP contribution >= 0.6 is 0 Å². The molecular weight excluding hydrogens is 282 g/mol. The highest BCUT2D eigenvalue weighted by Crippen LogP contribution is 2.39. The van der Waals surface area contributed by atoms with Gasteiger partial charge in [-0.2, -0.15) is 4.98 Å². The molecule has 0 bridgehead atoms. The molecule has 0 saturated carbocycles. The molecule has 1 saturated heterocycles. The van der Waals surface area contributed by atoms with Crippen LogP contribution in [0.15, 0.2) is 11.1 Å². The van der Waals surface area contributed by atoms with Crippen LogP contribution in [-0.2, 0) is 4.74 Å². The Hall–Kier alpha value is -2.01. The van der Waals surface area contributed by atoms with Crippen molar-refractivity contribution in [3.05, 3.63) is 16.8 Å². The fourth-order valence-electron chi connectivity index (χ4n) is 2.52. The second-order valence-corrected chi connectivity index (χ2v) is 5.16. The van der Waals surface area contributed by atoms with Gasteiger partial charge in [0.2, 0.25) is 0 Å². The Bertz CT molecular complexity index is 738. The standard InChI is InChI=1S/C11H15N5O5/c1-11(20)6(18)4(2-17)21-9(11)16-3-13-5-7(12)14-10(19)15-8(5)16/h3-4,6,9,17-18,20H,2H2,1H3,(H3,12,14,15,19)/t4-,6?,9-,11?/m1/s1. The molecule has 2 aromatic rings. The number of aliphatic hydroxyl groups excluding tert-OH is 2. The largest absolute Gasteiger partial charge is 0.394 e. The van der Waals surface area contributed by atoms with Gasteiger partial charge in [-0.1, -0.05) is 0 Å². The topological polar surface area (TPSA) is 160 Å². The van der Waals surface area contributed by atoms with Crippen molar-refractivity contribution in [2.45, 2.75) is 31.0 Å². The summed E-state index contributed by atoms with van der Waals surface area (Å²) in [6, 6.07) is 0. The van der Waals surface area contributed by atoms with E-state index in [1.165, 1.54) is 17.8 Å². The molecule has 21 heavy (non-hydrogen) atoms. The summed E-state index contributed by atoms with van der Waals surface area (Å²) in [5, 5.41) is 29.6. The molecule has 3 rings (SSSR count). The highest BCUT2D eigenvalue weighted by Gasteiger charge is 2.53. The van der Waals surface area contributed by atoms with Crippen LogP contribution in [0.2, 0.25) is 0 Å². The molecule has 0 radical (unpaired) electrons. The Morgan fingerprint density at radius 2 is 2.33 bits per heavy atom. The number of hydrogen-bond acceptors (Lipinski definition) is 8. The summed E-state index contributed by atoms with van der Waals surface area (Å²) in [6.07, 6.45) is -2.03. The summed E-state index contributed by atoms with van der Waals surface area (Å²) in [7, 11) is 0. The van der Waals surface area contributed by atoms with E-state index < -0.39 is 36.3 Å². The summed E-state index contributed by atoms with van der Waals surface area (Å²) in [5.74, 6) is 0.0423. The van der Waals surface area contributed by atoms with Crippen molar-refractivity contribution in [3.8, 4) is 0 Å². The van der Waals surface area contributed by atoms with E-state index in [1.807, 2.05) is 0 Å². The minimum absolute atomic E-state index is 0.0423. The number of fused-ring (bicyclic) bond motifs is 1. The maximum atomic E-state index is 11.4. The Balaban J connectivity index is 2.15. The molecule has 1 fully saturated rings. The highest BCUT2D eigenvalue weighted by molar-refractivity contribution is 5.81. The zero-order chi connectivity index (χ0) is 15.4. The summed E-state index contributed by atoms with van der Waals surface area (Å²) in [6.45, 7) is 0.900. The van der Waals surface area contributed by atoms with Gasteiger partial charge >= 0.3 is 5.69 Å². The number of nitrogens with one attached hydrogen (secondary N) is 1. The van der Waals surface area contributed by atoms with Crippen molar-refractivity contribution >= 4 is 17.0 Å². The zero-order valence-electron chi connectivity index (χ0n) is 11.1. The van der Waals surface area contributed by atoms with Crippen LogP contribution in [0.1, 0.15) is 13.2 Å². The zero-order valence-corrected chi connectivity index (χ0v) is 11.1. The lowest BCUT2D eigenvalue weighted by atomic mass is 9.96. The molecule has 0 spiro atoms. The predicted octanol–water partition coefficient (Wildman–Crippen LogP) is -2.30. The molecule has 4 atom stereocenters. The molecule has 10 nitrogen and oxygen atoms in total. The van der Waals surface area contributed by atoms with E-state index in [1.54, 1.807) is 0 Å². The normalized spacial score (nSPS) is 32.9. The number of imidazole rings is 1. The quantitative estimate of drug-likeness (QED) is 0.414. The van der Waals surface area contributed by atoms with Crippen LogP contribution in [0.4, 0.5) is 5.82 Å². The Morgan fingerprint density at radius 1 is 1.62 bits per heavy atom. The van der Waals surface area contributed by atoms with E-state index in [0.717, 1.165) is 0 Å². The third-order valence-electron chi connectivity index (χ3n) is 3.66. The number of aromatic amines is 1. The van der Waals surface area contributed by atoms with Gasteiger partial charge in [0.1, 0.15) is 29.1 Å². The van der Waals surface area contributed by atoms with Crippen LogP contribution < -0.4 is 11.4 Å². The lowest BCUT2D eigenvalue weighted by Crippen LogP contribution is -2.44. The Morgan fingerprint density at radius 3 is 2.95 bits per heavy atom. The molecule has 2 unspecified atom stereocenters. The minimum Gasteiger partial charge on any atom is -0.394 e. The molecule has 1 aliphatic rings. The molecule has 1 aliphatic heterocycles. The first-order chi connectivity index (χ1) is 9.86. The van der Waals surface area contributed by atoms with E-state index in [4.69, 9.17) is 10.5 Å². The average molecular weight is 297 g/mol. The molecule has 3 heterocycles. The van der Waals surface area contributed by atoms with Crippen LogP contribution in [0.5, 0.6) is 0 Å². The molecule has 0 amide bonds. The van der Waals surface area contributed by atoms with Gasteiger partial charge in [-0.3, -0.25) is 9.55 Å². The van der Waals surface area contributed by atoms with Gasteiger partial charge in [0.05, 0.1) is 12.9 Å². The van der Waals surface area contributed by atoms with Crippen molar-refractivity contribution in [2.75, 3.05) is 12.3 Å². The molecule has 2 aromatic heterocycles. The summed E-state index contributed by atoms with van der Waals surface area (Å²) in [4.78, 5) is 21.5. The van der Waals surface area contributed by atoms with Gasteiger partial charge in [-0.05, 0) is 6.92 Å². The number of anilines is 1. The highest BCUT2D eigenvalue weighted by atomic mass is 16.6. The van der Waals surface area contributed by atoms with Gasteiger partial charge in [0, 0.05) is 0 Å². The van der Waals surface area contributed by atoms with Crippen molar-refractivity contribution in [2.24, 2.45) is 0 Å². The van der Waals surface area contributed by atoms with Crippen LogP contribution in [-0.4, -0.2) is 59.3 Å². The maximum absolute atomic E-state index is 11.4. The third-order valence-corrected chi connectivity index (χ3v) is 3.66. The smallest absolute Gasteiger partial charge is 0.348 e. The number of nitrogens with two attached hydrogens (primary N) is 1. The first kappa shape index (κ1) is 13.9. The second kappa shape index (κ2) is 4.49. The number of hydrogen-bond donors (Lipinski definition) is 5. The van der Waals surface area contributed by atoms with Crippen LogP contribution in [0.25, 0.3) is 11.2 Å². The maximum Gasteiger partial charge on any atom is 0.348 e. The number of nitrogen functional groups attached to an aromatic ring is 1. The molecule has 10 heteroatoms. The Labute approximate surface area is 117 Å². The third kappa shape index (κ3) is 1.92. The fraction of sp³-hybridized carbons (Fsp3) is 0.545. The monoisotopic (exact) mass is 297 g/mol. The van der Waals surface area contributed by atoms with E-state index in [2.05, 4.69) is 15.0 Å². The summed E-state index contributed by atoms with van der Waals surface area (Å²) >= 11 is 0. The second-order valence-electron chi connectivity index (χ2n) is 5.16. The van der Waals surface area contributed by atoms with Gasteiger partial charge in [0.15, 0.2) is 11.9 Å². The van der Waals surface area contributed by atoms with Crippen LogP contribution in [0, 0.1) is 0 Å². The van der Waals surface area contributed by atoms with Gasteiger partial charge in [0.25, 0.3) is 0 Å². The molecule has 0 aliphatic carbocycles. The SMILES string of the molecule is CC1(O)C(O)[C@@H](CO)O[C@H]1n1cnc2c(N)[nH]c(=O)nc21. The number of rotatable bonds is 2. The van der Waals surface area contributed by atoms with Crippen molar-refractivity contribution in [1.29, 1.82) is 0 Å². The van der Waals surface area contributed by atoms with Crippen molar-refractivity contribution < 1.29 is 20.1 Å².